The molecule has 0 bridgehead atoms. The Morgan fingerprint density at radius 3 is 1.21 bits per heavy atom. The van der Waals surface area contributed by atoms with Gasteiger partial charge in [-0.2, -0.15) is 0 Å². The number of aromatic nitrogens is 3. The predicted octanol–water partition coefficient (Wildman–Crippen LogP) is 12.9. The summed E-state index contributed by atoms with van der Waals surface area (Å²) in [7, 11) is 0. The molecule has 10 rings (SSSR count). The third kappa shape index (κ3) is 5.54. The lowest BCUT2D eigenvalue weighted by molar-refractivity contribution is 0.625. The van der Waals surface area contributed by atoms with Gasteiger partial charge in [0.25, 0.3) is 0 Å². The van der Waals surface area contributed by atoms with Gasteiger partial charge in [-0.05, 0) is 67.1 Å². The van der Waals surface area contributed by atoms with Gasteiger partial charge in [0.1, 0.15) is 5.58 Å². The van der Waals surface area contributed by atoms with E-state index in [1.165, 1.54) is 38.2 Å². The van der Waals surface area contributed by atoms with E-state index in [0.717, 1.165) is 38.8 Å². The number of benzene rings is 8. The van der Waals surface area contributed by atoms with Gasteiger partial charge in [0.05, 0.1) is 0 Å². The Hall–Kier alpha value is -7.17. The van der Waals surface area contributed by atoms with Crippen LogP contribution in [0.25, 0.3) is 100 Å². The first-order chi connectivity index (χ1) is 26.3. The van der Waals surface area contributed by atoms with Crippen molar-refractivity contribution in [2.45, 2.75) is 0 Å². The molecule has 0 saturated heterocycles. The van der Waals surface area contributed by atoms with Crippen LogP contribution in [0.2, 0.25) is 0 Å². The molecule has 0 unspecified atom stereocenters. The zero-order chi connectivity index (χ0) is 35.1. The molecular weight excluding hydrogens is 647 g/mol. The Morgan fingerprint density at radius 2 is 0.679 bits per heavy atom. The molecule has 248 valence electrons. The molecule has 0 aliphatic heterocycles. The van der Waals surface area contributed by atoms with Gasteiger partial charge in [0.15, 0.2) is 23.2 Å². The van der Waals surface area contributed by atoms with E-state index in [-0.39, 0.29) is 0 Å². The molecular formula is C49H31N3O. The summed E-state index contributed by atoms with van der Waals surface area (Å²) in [6.45, 7) is 0. The van der Waals surface area contributed by atoms with Crippen LogP contribution in [0.4, 0.5) is 0 Å². The van der Waals surface area contributed by atoms with E-state index < -0.39 is 0 Å². The summed E-state index contributed by atoms with van der Waals surface area (Å²) < 4.78 is 6.26. The fourth-order valence-electron chi connectivity index (χ4n) is 7.42. The maximum Gasteiger partial charge on any atom is 0.199 e. The van der Waals surface area contributed by atoms with Crippen molar-refractivity contribution >= 4 is 32.5 Å². The molecule has 8 aromatic carbocycles. The quantitative estimate of drug-likeness (QED) is 0.164. The summed E-state index contributed by atoms with van der Waals surface area (Å²) in [5, 5.41) is 5.89. The van der Waals surface area contributed by atoms with Gasteiger partial charge in [-0.15, -0.1) is 0 Å². The summed E-state index contributed by atoms with van der Waals surface area (Å²) >= 11 is 0. The Bertz CT molecular complexity index is 2820. The second-order valence-electron chi connectivity index (χ2n) is 13.2. The molecule has 0 aliphatic rings. The van der Waals surface area contributed by atoms with Gasteiger partial charge in [-0.1, -0.05) is 176 Å². The van der Waals surface area contributed by atoms with E-state index in [0.29, 0.717) is 23.2 Å². The molecule has 0 aliphatic carbocycles. The zero-order valence-corrected chi connectivity index (χ0v) is 28.6. The highest BCUT2D eigenvalue weighted by Crippen LogP contribution is 2.44. The molecule has 2 aromatic heterocycles. The number of hydrogen-bond acceptors (Lipinski definition) is 4. The normalized spacial score (nSPS) is 11.4. The average molecular weight is 678 g/mol. The van der Waals surface area contributed by atoms with Crippen molar-refractivity contribution in [2.75, 3.05) is 0 Å². The lowest BCUT2D eigenvalue weighted by Crippen LogP contribution is -1.99. The monoisotopic (exact) mass is 677 g/mol. The zero-order valence-electron chi connectivity index (χ0n) is 28.6. The summed E-state index contributed by atoms with van der Waals surface area (Å²) in [6.07, 6.45) is 0. The summed E-state index contributed by atoms with van der Waals surface area (Å²) in [5.41, 5.74) is 9.68. The van der Waals surface area contributed by atoms with Crippen LogP contribution in [-0.2, 0) is 0 Å². The smallest absolute Gasteiger partial charge is 0.199 e. The van der Waals surface area contributed by atoms with Crippen molar-refractivity contribution in [3.05, 3.63) is 188 Å². The summed E-state index contributed by atoms with van der Waals surface area (Å²) in [6, 6.07) is 65.4. The van der Waals surface area contributed by atoms with Crippen LogP contribution in [-0.4, -0.2) is 15.0 Å². The molecule has 0 atom stereocenters. The fourth-order valence-corrected chi connectivity index (χ4v) is 7.42. The van der Waals surface area contributed by atoms with E-state index >= 15 is 0 Å². The molecule has 53 heavy (non-hydrogen) atoms. The first-order valence-corrected chi connectivity index (χ1v) is 17.8. The highest BCUT2D eigenvalue weighted by molar-refractivity contribution is 6.21. The van der Waals surface area contributed by atoms with Crippen LogP contribution in [0.15, 0.2) is 192 Å². The molecule has 0 radical (unpaired) electrons. The Labute approximate surface area is 306 Å². The number of hydrogen-bond donors (Lipinski definition) is 0. The molecule has 0 amide bonds. The van der Waals surface area contributed by atoms with Crippen LogP contribution in [0.3, 0.4) is 0 Å². The maximum atomic E-state index is 6.26. The minimum atomic E-state index is 0.492. The van der Waals surface area contributed by atoms with Crippen LogP contribution >= 0.6 is 0 Å². The second kappa shape index (κ2) is 12.9. The first kappa shape index (κ1) is 30.6. The number of para-hydroxylation sites is 1. The topological polar surface area (TPSA) is 51.8 Å². The Balaban J connectivity index is 1.11. The largest absolute Gasteiger partial charge is 0.453 e. The predicted molar refractivity (Wildman–Crippen MR) is 217 cm³/mol. The van der Waals surface area contributed by atoms with E-state index in [9.17, 15) is 0 Å². The van der Waals surface area contributed by atoms with Crippen molar-refractivity contribution in [1.29, 1.82) is 0 Å². The minimum Gasteiger partial charge on any atom is -0.453 e. The molecule has 0 spiro atoms. The van der Waals surface area contributed by atoms with Crippen molar-refractivity contribution in [1.82, 2.24) is 15.0 Å². The molecule has 0 fully saturated rings. The van der Waals surface area contributed by atoms with E-state index in [1.807, 2.05) is 36.4 Å². The number of rotatable bonds is 6. The highest BCUT2D eigenvalue weighted by Gasteiger charge is 2.18. The van der Waals surface area contributed by atoms with Crippen LogP contribution in [0.5, 0.6) is 0 Å². The van der Waals surface area contributed by atoms with E-state index in [1.54, 1.807) is 0 Å². The molecule has 0 saturated carbocycles. The number of nitrogens with zero attached hydrogens (tertiary/aromatic N) is 3. The Kier molecular flexibility index (Phi) is 7.43. The average Bonchev–Trinajstić information content (AvgIpc) is 3.68. The van der Waals surface area contributed by atoms with Crippen molar-refractivity contribution < 1.29 is 4.42 Å². The van der Waals surface area contributed by atoms with E-state index in [2.05, 4.69) is 152 Å². The number of fused-ring (bicyclic) bond motifs is 3. The molecule has 0 N–H and O–H groups in total. The SMILES string of the molecule is c1ccc(-c2ccc(-c3nc(-c4ccc(-c5c6ccccc6c(-c6ccccc6)c6ccccc56)cc4)nc(-c4cc5ccccc5o4)n3)cc2)cc1. The van der Waals surface area contributed by atoms with Crippen molar-refractivity contribution in [3.63, 3.8) is 0 Å². The van der Waals surface area contributed by atoms with Gasteiger partial charge in [0, 0.05) is 16.5 Å². The van der Waals surface area contributed by atoms with Gasteiger partial charge >= 0.3 is 0 Å². The van der Waals surface area contributed by atoms with Gasteiger partial charge in [0.2, 0.25) is 0 Å². The maximum absolute atomic E-state index is 6.26. The van der Waals surface area contributed by atoms with Gasteiger partial charge in [-0.25, -0.2) is 15.0 Å². The van der Waals surface area contributed by atoms with Gasteiger partial charge in [-0.3, -0.25) is 0 Å². The van der Waals surface area contributed by atoms with E-state index in [4.69, 9.17) is 19.4 Å². The molecule has 2 heterocycles. The first-order valence-electron chi connectivity index (χ1n) is 17.8. The third-order valence-corrected chi connectivity index (χ3v) is 9.96. The summed E-state index contributed by atoms with van der Waals surface area (Å²) in [4.78, 5) is 15.0. The Morgan fingerprint density at radius 1 is 0.302 bits per heavy atom. The number of furan rings is 1. The lowest BCUT2D eigenvalue weighted by atomic mass is 9.86. The molecule has 4 heteroatoms. The fraction of sp³-hybridized carbons (Fsp3) is 0. The molecule has 4 nitrogen and oxygen atoms in total. The highest BCUT2D eigenvalue weighted by atomic mass is 16.3. The van der Waals surface area contributed by atoms with Crippen LogP contribution < -0.4 is 0 Å². The van der Waals surface area contributed by atoms with Gasteiger partial charge < -0.3 is 4.42 Å². The van der Waals surface area contributed by atoms with Crippen LogP contribution in [0, 0.1) is 0 Å². The standard InChI is InChI=1S/C49H31N3O/c1-3-13-32(14-4-1)33-23-27-36(28-24-33)47-50-48(52-49(51-47)44-31-38-17-7-12-22-43(38)53-44)37-29-25-35(26-30-37)46-41-20-10-8-18-39(41)45(34-15-5-2-6-16-34)40-19-9-11-21-42(40)46/h1-31H. The van der Waals surface area contributed by atoms with Crippen molar-refractivity contribution in [2.24, 2.45) is 0 Å². The third-order valence-electron chi connectivity index (χ3n) is 9.96. The minimum absolute atomic E-state index is 0.492. The molecule has 10 aromatic rings. The summed E-state index contributed by atoms with van der Waals surface area (Å²) in [5.74, 6) is 2.26. The van der Waals surface area contributed by atoms with Crippen molar-refractivity contribution in [3.8, 4) is 67.7 Å². The second-order valence-corrected chi connectivity index (χ2v) is 13.2. The van der Waals surface area contributed by atoms with Crippen LogP contribution in [0.1, 0.15) is 0 Å². The lowest BCUT2D eigenvalue weighted by Gasteiger charge is -2.17.